The number of anilines is 2. The predicted molar refractivity (Wildman–Crippen MR) is 87.6 cm³/mol. The zero-order valence-electron chi connectivity index (χ0n) is 13.3. The molecule has 0 saturated heterocycles. The summed E-state index contributed by atoms with van der Waals surface area (Å²) in [5, 5.41) is 12.5. The molecule has 124 valence electrons. The molecule has 0 bridgehead atoms. The molecule has 1 aromatic carbocycles. The molecule has 0 spiro atoms. The van der Waals surface area contributed by atoms with Gasteiger partial charge in [0.1, 0.15) is 17.2 Å². The molecular formula is C17H15FN2O4. The van der Waals surface area contributed by atoms with Gasteiger partial charge in [0.25, 0.3) is 5.56 Å². The highest BCUT2D eigenvalue weighted by molar-refractivity contribution is 6.06. The van der Waals surface area contributed by atoms with Crippen molar-refractivity contribution in [3.8, 4) is 0 Å². The lowest BCUT2D eigenvalue weighted by Crippen LogP contribution is -2.23. The van der Waals surface area contributed by atoms with Crippen LogP contribution in [0.25, 0.3) is 11.0 Å². The fourth-order valence-electron chi connectivity index (χ4n) is 2.63. The molecule has 2 N–H and O–H groups in total. The van der Waals surface area contributed by atoms with Crippen molar-refractivity contribution in [3.05, 3.63) is 57.3 Å². The van der Waals surface area contributed by atoms with Crippen LogP contribution in [0, 0.1) is 19.7 Å². The number of rotatable bonds is 3. The Balaban J connectivity index is 2.31. The summed E-state index contributed by atoms with van der Waals surface area (Å²) in [7, 11) is 1.43. The Kier molecular flexibility index (Phi) is 3.63. The van der Waals surface area contributed by atoms with E-state index in [1.54, 1.807) is 19.9 Å². The van der Waals surface area contributed by atoms with Gasteiger partial charge in [-0.3, -0.25) is 9.36 Å². The number of furan rings is 1. The van der Waals surface area contributed by atoms with E-state index in [0.29, 0.717) is 5.56 Å². The van der Waals surface area contributed by atoms with E-state index in [0.717, 1.165) is 10.1 Å². The van der Waals surface area contributed by atoms with Crippen LogP contribution in [0.2, 0.25) is 0 Å². The second-order valence-corrected chi connectivity index (χ2v) is 5.62. The van der Waals surface area contributed by atoms with Crippen molar-refractivity contribution in [3.63, 3.8) is 0 Å². The van der Waals surface area contributed by atoms with E-state index in [1.807, 2.05) is 0 Å². The molecule has 6 nitrogen and oxygen atoms in total. The maximum atomic E-state index is 14.1. The lowest BCUT2D eigenvalue weighted by molar-refractivity contribution is 0.0698. The summed E-state index contributed by atoms with van der Waals surface area (Å²) in [4.78, 5) is 24.2. The Morgan fingerprint density at radius 1 is 1.33 bits per heavy atom. The first-order valence-electron chi connectivity index (χ1n) is 7.18. The Labute approximate surface area is 136 Å². The second kappa shape index (κ2) is 5.52. The van der Waals surface area contributed by atoms with Crippen molar-refractivity contribution in [1.29, 1.82) is 0 Å². The molecule has 0 aliphatic carbocycles. The normalized spacial score (nSPS) is 11.0. The van der Waals surface area contributed by atoms with E-state index in [9.17, 15) is 19.1 Å². The fourth-order valence-corrected chi connectivity index (χ4v) is 2.63. The van der Waals surface area contributed by atoms with Crippen LogP contribution in [0.5, 0.6) is 0 Å². The summed E-state index contributed by atoms with van der Waals surface area (Å²) < 4.78 is 20.5. The Morgan fingerprint density at radius 2 is 2.04 bits per heavy atom. The number of pyridine rings is 1. The average Bonchev–Trinajstić information content (AvgIpc) is 2.88. The summed E-state index contributed by atoms with van der Waals surface area (Å²) in [5.74, 6) is -1.87. The van der Waals surface area contributed by atoms with Gasteiger partial charge >= 0.3 is 5.97 Å². The number of nitrogens with one attached hydrogen (secondary N) is 1. The number of aromatic nitrogens is 1. The molecule has 3 aromatic rings. The predicted octanol–water partition coefficient (Wildman–Crippen LogP) is 3.33. The van der Waals surface area contributed by atoms with E-state index < -0.39 is 17.3 Å². The molecule has 2 aromatic heterocycles. The number of fused-ring (bicyclic) bond motifs is 1. The van der Waals surface area contributed by atoms with E-state index in [4.69, 9.17) is 4.42 Å². The molecule has 24 heavy (non-hydrogen) atoms. The first-order chi connectivity index (χ1) is 11.3. The Hall–Kier alpha value is -3.09. The largest absolute Gasteiger partial charge is 0.477 e. The summed E-state index contributed by atoms with van der Waals surface area (Å²) in [5.41, 5.74) is 0.666. The van der Waals surface area contributed by atoms with Crippen molar-refractivity contribution >= 4 is 28.4 Å². The van der Waals surface area contributed by atoms with Crippen LogP contribution in [-0.2, 0) is 7.05 Å². The van der Waals surface area contributed by atoms with Gasteiger partial charge in [-0.1, -0.05) is 6.07 Å². The number of carboxylic acids is 1. The minimum Gasteiger partial charge on any atom is -0.477 e. The van der Waals surface area contributed by atoms with Gasteiger partial charge in [-0.15, -0.1) is 0 Å². The van der Waals surface area contributed by atoms with Crippen LogP contribution < -0.4 is 10.9 Å². The molecule has 0 radical (unpaired) electrons. The van der Waals surface area contributed by atoms with Gasteiger partial charge in [-0.05, 0) is 31.5 Å². The van der Waals surface area contributed by atoms with Gasteiger partial charge in [-0.2, -0.15) is 0 Å². The van der Waals surface area contributed by atoms with Gasteiger partial charge in [0.15, 0.2) is 5.58 Å². The Bertz CT molecular complexity index is 1030. The molecule has 0 amide bonds. The van der Waals surface area contributed by atoms with Gasteiger partial charge in [0.05, 0.1) is 17.3 Å². The van der Waals surface area contributed by atoms with Crippen molar-refractivity contribution in [2.24, 2.45) is 7.05 Å². The maximum absolute atomic E-state index is 14.1. The number of halogens is 1. The SMILES string of the molecule is Cc1ccc(Nc2c(C(=O)O)c3occ(C)c3c(=O)n2C)c(F)c1. The van der Waals surface area contributed by atoms with Crippen LogP contribution in [0.4, 0.5) is 15.9 Å². The number of hydrogen-bond donors (Lipinski definition) is 2. The molecule has 0 atom stereocenters. The van der Waals surface area contributed by atoms with E-state index in [1.165, 1.54) is 25.4 Å². The molecular weight excluding hydrogens is 315 g/mol. The molecule has 0 aliphatic rings. The summed E-state index contributed by atoms with van der Waals surface area (Å²) in [6.45, 7) is 3.40. The van der Waals surface area contributed by atoms with Crippen molar-refractivity contribution in [2.45, 2.75) is 13.8 Å². The molecule has 0 fully saturated rings. The van der Waals surface area contributed by atoms with E-state index in [2.05, 4.69) is 5.32 Å². The monoisotopic (exact) mass is 330 g/mol. The zero-order chi connectivity index (χ0) is 17.6. The minimum atomic E-state index is -1.28. The summed E-state index contributed by atoms with van der Waals surface area (Å²) in [6.07, 6.45) is 1.33. The molecule has 0 aliphatic heterocycles. The lowest BCUT2D eigenvalue weighted by atomic mass is 10.1. The topological polar surface area (TPSA) is 84.5 Å². The van der Waals surface area contributed by atoms with Crippen molar-refractivity contribution < 1.29 is 18.7 Å². The van der Waals surface area contributed by atoms with Gasteiger partial charge in [0, 0.05) is 12.6 Å². The maximum Gasteiger partial charge on any atom is 0.343 e. The number of aromatic carboxylic acids is 1. The van der Waals surface area contributed by atoms with Crippen LogP contribution in [0.3, 0.4) is 0 Å². The van der Waals surface area contributed by atoms with E-state index >= 15 is 0 Å². The number of carbonyl (C=O) groups is 1. The number of benzene rings is 1. The minimum absolute atomic E-state index is 0.0295. The van der Waals surface area contributed by atoms with Gasteiger partial charge in [-0.25, -0.2) is 9.18 Å². The van der Waals surface area contributed by atoms with Crippen molar-refractivity contribution in [2.75, 3.05) is 5.32 Å². The highest BCUT2D eigenvalue weighted by atomic mass is 19.1. The highest BCUT2D eigenvalue weighted by Crippen LogP contribution is 2.29. The second-order valence-electron chi connectivity index (χ2n) is 5.62. The number of nitrogens with zero attached hydrogens (tertiary/aromatic N) is 1. The highest BCUT2D eigenvalue weighted by Gasteiger charge is 2.24. The molecule has 0 saturated carbocycles. The fraction of sp³-hybridized carbons (Fsp3) is 0.176. The third-order valence-electron chi connectivity index (χ3n) is 3.88. The standard InChI is InChI=1S/C17H15FN2O4/c1-8-4-5-11(10(18)6-8)19-15-13(17(22)23)14-12(9(2)7-24-14)16(21)20(15)3/h4-7,19H,1-3H3,(H,22,23). The molecule has 0 unspecified atom stereocenters. The number of aryl methyl sites for hydroxylation is 2. The first-order valence-corrected chi connectivity index (χ1v) is 7.18. The van der Waals surface area contributed by atoms with Gasteiger partial charge < -0.3 is 14.8 Å². The molecule has 7 heteroatoms. The molecule has 3 rings (SSSR count). The quantitative estimate of drug-likeness (QED) is 0.769. The molecule has 2 heterocycles. The van der Waals surface area contributed by atoms with Crippen LogP contribution in [0.1, 0.15) is 21.5 Å². The smallest absolute Gasteiger partial charge is 0.343 e. The third kappa shape index (κ3) is 2.34. The Morgan fingerprint density at radius 3 is 2.67 bits per heavy atom. The van der Waals surface area contributed by atoms with Gasteiger partial charge in [0.2, 0.25) is 0 Å². The van der Waals surface area contributed by atoms with E-state index in [-0.39, 0.29) is 28.0 Å². The average molecular weight is 330 g/mol. The zero-order valence-corrected chi connectivity index (χ0v) is 13.3. The van der Waals surface area contributed by atoms with Crippen molar-refractivity contribution in [1.82, 2.24) is 4.57 Å². The number of hydrogen-bond acceptors (Lipinski definition) is 4. The first kappa shape index (κ1) is 15.8. The summed E-state index contributed by atoms with van der Waals surface area (Å²) >= 11 is 0. The van der Waals surface area contributed by atoms with Crippen LogP contribution in [0.15, 0.2) is 33.7 Å². The lowest BCUT2D eigenvalue weighted by Gasteiger charge is -2.15. The summed E-state index contributed by atoms with van der Waals surface area (Å²) in [6, 6.07) is 4.48. The third-order valence-corrected chi connectivity index (χ3v) is 3.88. The van der Waals surface area contributed by atoms with Crippen LogP contribution in [-0.4, -0.2) is 15.6 Å². The van der Waals surface area contributed by atoms with Crippen LogP contribution >= 0.6 is 0 Å². The number of carboxylic acid groups (broad SMARTS) is 1.